The van der Waals surface area contributed by atoms with Gasteiger partial charge in [-0.05, 0) is 43.0 Å². The van der Waals surface area contributed by atoms with Crippen molar-refractivity contribution in [1.29, 1.82) is 0 Å². The number of ether oxygens (including phenoxy) is 2. The molecule has 0 bridgehead atoms. The van der Waals surface area contributed by atoms with Crippen molar-refractivity contribution in [2.75, 3.05) is 26.4 Å². The maximum absolute atomic E-state index is 14.8. The summed E-state index contributed by atoms with van der Waals surface area (Å²) in [6.45, 7) is 1.65. The second-order valence-electron chi connectivity index (χ2n) is 9.15. The Hall–Kier alpha value is -3.34. The quantitative estimate of drug-likeness (QED) is 0.458. The number of benzene rings is 1. The number of amides is 2. The van der Waals surface area contributed by atoms with Crippen LogP contribution in [0.3, 0.4) is 0 Å². The summed E-state index contributed by atoms with van der Waals surface area (Å²) < 4.78 is 31.1. The number of aromatic nitrogens is 1. The zero-order valence-corrected chi connectivity index (χ0v) is 19.7. The van der Waals surface area contributed by atoms with Crippen LogP contribution in [0.25, 0.3) is 11.1 Å². The minimum Gasteiger partial charge on any atom is -0.462 e. The van der Waals surface area contributed by atoms with Gasteiger partial charge >= 0.3 is 0 Å². The first-order valence-corrected chi connectivity index (χ1v) is 12.1. The lowest BCUT2D eigenvalue weighted by Gasteiger charge is -2.28. The Labute approximate surface area is 207 Å². The molecule has 2 fully saturated rings. The molecule has 36 heavy (non-hydrogen) atoms. The number of hydrogen-bond donors (Lipinski definition) is 3. The van der Waals surface area contributed by atoms with E-state index in [0.717, 1.165) is 12.8 Å². The molecular formula is C26H28FN3O6. The van der Waals surface area contributed by atoms with Crippen molar-refractivity contribution in [1.82, 2.24) is 15.6 Å². The molecule has 190 valence electrons. The van der Waals surface area contributed by atoms with Gasteiger partial charge in [0.1, 0.15) is 17.0 Å². The molecule has 0 unspecified atom stereocenters. The van der Waals surface area contributed by atoms with Gasteiger partial charge in [-0.15, -0.1) is 0 Å². The Balaban J connectivity index is 1.31. The molecule has 0 saturated carbocycles. The van der Waals surface area contributed by atoms with Gasteiger partial charge in [-0.3, -0.25) is 9.59 Å². The van der Waals surface area contributed by atoms with Gasteiger partial charge in [0.2, 0.25) is 0 Å². The fourth-order valence-electron chi connectivity index (χ4n) is 4.58. The van der Waals surface area contributed by atoms with Crippen LogP contribution in [0.1, 0.15) is 51.2 Å². The van der Waals surface area contributed by atoms with E-state index in [1.54, 1.807) is 18.2 Å². The zero-order valence-electron chi connectivity index (χ0n) is 19.7. The lowest BCUT2D eigenvalue weighted by atomic mass is 10.0. The molecule has 3 aromatic rings. The predicted molar refractivity (Wildman–Crippen MR) is 127 cm³/mol. The number of hydrogen-bond acceptors (Lipinski definition) is 7. The van der Waals surface area contributed by atoms with Crippen molar-refractivity contribution in [3.63, 3.8) is 0 Å². The second-order valence-corrected chi connectivity index (χ2v) is 9.15. The number of nitrogens with one attached hydrogen (secondary N) is 2. The zero-order chi connectivity index (χ0) is 25.1. The van der Waals surface area contributed by atoms with Gasteiger partial charge in [0.25, 0.3) is 11.8 Å². The number of nitrogens with zero attached hydrogens (tertiary/aromatic N) is 1. The number of furan rings is 1. The van der Waals surface area contributed by atoms with E-state index < -0.39 is 29.8 Å². The fraction of sp³-hybridized carbons (Fsp3) is 0.423. The predicted octanol–water partition coefficient (Wildman–Crippen LogP) is 2.35. The Morgan fingerprint density at radius 2 is 2.03 bits per heavy atom. The lowest BCUT2D eigenvalue weighted by molar-refractivity contribution is -0.0261. The van der Waals surface area contributed by atoms with Crippen molar-refractivity contribution < 1.29 is 33.0 Å². The Bertz CT molecular complexity index is 1260. The van der Waals surface area contributed by atoms with E-state index in [2.05, 4.69) is 15.6 Å². The molecule has 0 aliphatic carbocycles. The van der Waals surface area contributed by atoms with Gasteiger partial charge < -0.3 is 29.6 Å². The maximum Gasteiger partial charge on any atom is 0.270 e. The number of halogens is 1. The Kier molecular flexibility index (Phi) is 7.26. The number of rotatable bonds is 7. The molecular weight excluding hydrogens is 469 g/mol. The number of carbonyl (C=O) groups excluding carboxylic acids is 2. The third-order valence-electron chi connectivity index (χ3n) is 6.55. The summed E-state index contributed by atoms with van der Waals surface area (Å²) in [4.78, 5) is 29.7. The summed E-state index contributed by atoms with van der Waals surface area (Å²) in [5, 5.41) is 15.6. The van der Waals surface area contributed by atoms with Gasteiger partial charge in [-0.2, -0.15) is 0 Å². The van der Waals surface area contributed by atoms with Crippen LogP contribution in [-0.2, 0) is 15.9 Å². The van der Waals surface area contributed by atoms with E-state index in [1.807, 2.05) is 0 Å². The molecule has 10 heteroatoms. The van der Waals surface area contributed by atoms with E-state index in [4.69, 9.17) is 13.9 Å². The highest BCUT2D eigenvalue weighted by Gasteiger charge is 2.26. The SMILES string of the molecule is O=C(N[C@H]1CCOC[C@@H]1O)c1cc(Cc2ccc(C(=O)NC[C@H]3CCCO3)c(F)c2)c2occc2n1. The molecule has 2 amide bonds. The van der Waals surface area contributed by atoms with Gasteiger partial charge in [0, 0.05) is 37.8 Å². The number of fused-ring (bicyclic) bond motifs is 1. The monoisotopic (exact) mass is 497 g/mol. The summed E-state index contributed by atoms with van der Waals surface area (Å²) in [6, 6.07) is 7.28. The highest BCUT2D eigenvalue weighted by Crippen LogP contribution is 2.24. The molecule has 9 nitrogen and oxygen atoms in total. The Morgan fingerprint density at radius 3 is 2.81 bits per heavy atom. The molecule has 2 aliphatic rings. The highest BCUT2D eigenvalue weighted by molar-refractivity contribution is 5.95. The standard InChI is InChI=1S/C26H28FN3O6/c27-19-11-15(3-4-18(19)25(32)28-13-17-2-1-7-35-17)10-16-12-22(29-21-6-9-36-24(16)21)26(33)30-20-5-8-34-14-23(20)31/h3-4,6,9,11-12,17,20,23,31H,1-2,5,7-8,10,13-14H2,(H,28,32)(H,30,33)/t17-,20+,23+/m1/s1. The van der Waals surface area contributed by atoms with Crippen LogP contribution < -0.4 is 10.6 Å². The van der Waals surface area contributed by atoms with Crippen LogP contribution in [0.5, 0.6) is 0 Å². The van der Waals surface area contributed by atoms with Crippen molar-refractivity contribution >= 4 is 22.9 Å². The largest absolute Gasteiger partial charge is 0.462 e. The van der Waals surface area contributed by atoms with E-state index in [-0.39, 0.29) is 30.4 Å². The summed E-state index contributed by atoms with van der Waals surface area (Å²) in [7, 11) is 0. The average molecular weight is 498 g/mol. The van der Waals surface area contributed by atoms with E-state index >= 15 is 0 Å². The van der Waals surface area contributed by atoms with Gasteiger partial charge in [-0.25, -0.2) is 9.37 Å². The number of aliphatic hydroxyl groups excluding tert-OH is 1. The molecule has 4 heterocycles. The molecule has 1 aromatic carbocycles. The van der Waals surface area contributed by atoms with Crippen molar-refractivity contribution in [2.24, 2.45) is 0 Å². The minimum atomic E-state index is -0.788. The summed E-state index contributed by atoms with van der Waals surface area (Å²) in [6.07, 6.45) is 3.27. The van der Waals surface area contributed by atoms with Crippen LogP contribution in [-0.4, -0.2) is 66.5 Å². The number of carbonyl (C=O) groups is 2. The molecule has 3 atom stereocenters. The minimum absolute atomic E-state index is 0.0280. The third-order valence-corrected chi connectivity index (χ3v) is 6.55. The van der Waals surface area contributed by atoms with Gasteiger partial charge in [0.15, 0.2) is 5.58 Å². The molecule has 2 aliphatic heterocycles. The summed E-state index contributed by atoms with van der Waals surface area (Å²) >= 11 is 0. The first kappa shape index (κ1) is 24.4. The van der Waals surface area contributed by atoms with E-state index in [9.17, 15) is 19.1 Å². The number of aliphatic hydroxyl groups is 1. The average Bonchev–Trinajstić information content (AvgIpc) is 3.56. The molecule has 3 N–H and O–H groups in total. The molecule has 0 radical (unpaired) electrons. The van der Waals surface area contributed by atoms with E-state index in [1.165, 1.54) is 18.4 Å². The lowest BCUT2D eigenvalue weighted by Crippen LogP contribution is -2.48. The van der Waals surface area contributed by atoms with E-state index in [0.29, 0.717) is 48.4 Å². The normalized spacial score (nSPS) is 22.0. The summed E-state index contributed by atoms with van der Waals surface area (Å²) in [5.74, 6) is -1.54. The van der Waals surface area contributed by atoms with Crippen LogP contribution in [0.4, 0.5) is 4.39 Å². The van der Waals surface area contributed by atoms with Crippen molar-refractivity contribution in [3.05, 3.63) is 64.8 Å². The van der Waals surface area contributed by atoms with Gasteiger partial charge in [-0.1, -0.05) is 6.07 Å². The van der Waals surface area contributed by atoms with Gasteiger partial charge in [0.05, 0.1) is 36.7 Å². The van der Waals surface area contributed by atoms with Crippen LogP contribution in [0.2, 0.25) is 0 Å². The van der Waals surface area contributed by atoms with Crippen LogP contribution in [0, 0.1) is 5.82 Å². The number of pyridine rings is 1. The van der Waals surface area contributed by atoms with Crippen LogP contribution >= 0.6 is 0 Å². The molecule has 2 saturated heterocycles. The fourth-order valence-corrected chi connectivity index (χ4v) is 4.58. The second kappa shape index (κ2) is 10.7. The summed E-state index contributed by atoms with van der Waals surface area (Å²) in [5.41, 5.74) is 2.39. The van der Waals surface area contributed by atoms with Crippen LogP contribution in [0.15, 0.2) is 41.0 Å². The Morgan fingerprint density at radius 1 is 1.14 bits per heavy atom. The smallest absolute Gasteiger partial charge is 0.270 e. The highest BCUT2D eigenvalue weighted by atomic mass is 19.1. The van der Waals surface area contributed by atoms with Crippen molar-refractivity contribution in [2.45, 2.75) is 43.9 Å². The molecule has 5 rings (SSSR count). The molecule has 2 aromatic heterocycles. The molecule has 0 spiro atoms. The first-order valence-electron chi connectivity index (χ1n) is 12.1. The van der Waals surface area contributed by atoms with Crippen molar-refractivity contribution in [3.8, 4) is 0 Å². The third kappa shape index (κ3) is 5.40. The topological polar surface area (TPSA) is 123 Å². The maximum atomic E-state index is 14.8. The first-order chi connectivity index (χ1) is 17.5.